The largest absolute Gasteiger partial charge is 0.491 e. The fraction of sp³-hybridized carbons (Fsp3) is 0.300. The number of carbonyl (C=O) groups is 1. The van der Waals surface area contributed by atoms with Crippen LogP contribution >= 0.6 is 27.3 Å². The summed E-state index contributed by atoms with van der Waals surface area (Å²) in [6.07, 6.45) is 1.84. The average Bonchev–Trinajstić information content (AvgIpc) is 3.32. The molecule has 4 aromatic rings. The second-order valence-electron chi connectivity index (χ2n) is 9.95. The quantitative estimate of drug-likeness (QED) is 0.297. The number of benzene rings is 2. The molecular weight excluding hydrogens is 578 g/mol. The van der Waals surface area contributed by atoms with Gasteiger partial charge in [-0.05, 0) is 64.5 Å². The number of fused-ring (bicyclic) bond motifs is 2. The number of halogens is 1. The zero-order chi connectivity index (χ0) is 28.2. The molecule has 1 aliphatic heterocycles. The van der Waals surface area contributed by atoms with Crippen LogP contribution in [0.4, 0.5) is 0 Å². The Labute approximate surface area is 238 Å². The van der Waals surface area contributed by atoms with E-state index in [0.29, 0.717) is 31.9 Å². The Kier molecular flexibility index (Phi) is 7.15. The molecule has 3 heterocycles. The van der Waals surface area contributed by atoms with E-state index in [0.717, 1.165) is 26.6 Å². The monoisotopic (exact) mass is 607 g/mol. The number of allylic oxidation sites excluding steroid dienone is 1. The van der Waals surface area contributed by atoms with Gasteiger partial charge in [0.1, 0.15) is 11.8 Å². The van der Waals surface area contributed by atoms with Gasteiger partial charge >= 0.3 is 5.97 Å². The van der Waals surface area contributed by atoms with Crippen LogP contribution in [0.25, 0.3) is 17.0 Å². The lowest BCUT2D eigenvalue weighted by atomic mass is 9.95. The van der Waals surface area contributed by atoms with Crippen molar-refractivity contribution in [1.29, 1.82) is 0 Å². The number of methoxy groups -OCH3 is 1. The van der Waals surface area contributed by atoms with E-state index in [2.05, 4.69) is 46.5 Å². The first kappa shape index (κ1) is 27.1. The van der Waals surface area contributed by atoms with Crippen LogP contribution < -0.4 is 19.6 Å². The molecule has 0 unspecified atom stereocenters. The van der Waals surface area contributed by atoms with Crippen LogP contribution in [0.2, 0.25) is 0 Å². The van der Waals surface area contributed by atoms with Crippen molar-refractivity contribution in [1.82, 2.24) is 9.13 Å². The highest BCUT2D eigenvalue weighted by Gasteiger charge is 2.35. The SMILES string of the molecule is COC(=O)C1=C(C)N=c2s/c(=C\c3c(C)n(C)c4c(C)cccc34)c(=O)n2[C@@H]1c1cc(Br)ccc1OC(C)C. The minimum Gasteiger partial charge on any atom is -0.491 e. The van der Waals surface area contributed by atoms with Crippen LogP contribution in [0.5, 0.6) is 5.75 Å². The average molecular weight is 609 g/mol. The van der Waals surface area contributed by atoms with E-state index < -0.39 is 12.0 Å². The van der Waals surface area contributed by atoms with Crippen molar-refractivity contribution in [3.05, 3.63) is 94.2 Å². The van der Waals surface area contributed by atoms with Crippen molar-refractivity contribution in [3.63, 3.8) is 0 Å². The maximum Gasteiger partial charge on any atom is 0.338 e. The molecule has 0 radical (unpaired) electrons. The molecule has 9 heteroatoms. The lowest BCUT2D eigenvalue weighted by Gasteiger charge is -2.26. The van der Waals surface area contributed by atoms with Gasteiger partial charge in [0.15, 0.2) is 4.80 Å². The summed E-state index contributed by atoms with van der Waals surface area (Å²) in [5.41, 5.74) is 5.63. The van der Waals surface area contributed by atoms with E-state index >= 15 is 0 Å². The van der Waals surface area contributed by atoms with Gasteiger partial charge < -0.3 is 14.0 Å². The molecule has 39 heavy (non-hydrogen) atoms. The molecule has 0 spiro atoms. The molecular formula is C30H30BrN3O4S. The van der Waals surface area contributed by atoms with Crippen LogP contribution in [0.3, 0.4) is 0 Å². The van der Waals surface area contributed by atoms with Gasteiger partial charge in [0.2, 0.25) is 0 Å². The number of esters is 1. The van der Waals surface area contributed by atoms with Crippen LogP contribution in [-0.2, 0) is 16.6 Å². The molecule has 0 fully saturated rings. The first-order valence-electron chi connectivity index (χ1n) is 12.6. The number of aryl methyl sites for hydroxylation is 2. The molecule has 1 aliphatic rings. The molecule has 7 nitrogen and oxygen atoms in total. The summed E-state index contributed by atoms with van der Waals surface area (Å²) in [5, 5.41) is 1.09. The van der Waals surface area contributed by atoms with E-state index in [-0.39, 0.29) is 11.7 Å². The van der Waals surface area contributed by atoms with Crippen LogP contribution in [-0.4, -0.2) is 28.3 Å². The molecule has 0 saturated carbocycles. The first-order valence-corrected chi connectivity index (χ1v) is 14.3. The standard InChI is InChI=1S/C30H30BrN3O4S/c1-15(2)38-23-12-11-19(31)13-22(23)27-25(29(36)37-7)17(4)32-30-34(27)28(35)24(39-30)14-21-18(5)33(6)26-16(3)9-8-10-20(21)26/h8-15,27H,1-7H3/b24-14-/t27-/m1/s1. The maximum absolute atomic E-state index is 14.2. The van der Waals surface area contributed by atoms with Gasteiger partial charge in [0, 0.05) is 33.7 Å². The number of thiazole rings is 1. The molecule has 2 aromatic carbocycles. The van der Waals surface area contributed by atoms with Gasteiger partial charge in [-0.2, -0.15) is 0 Å². The highest BCUT2D eigenvalue weighted by atomic mass is 79.9. The molecule has 0 N–H and O–H groups in total. The number of nitrogens with zero attached hydrogens (tertiary/aromatic N) is 3. The van der Waals surface area contributed by atoms with Crippen molar-refractivity contribution in [2.75, 3.05) is 7.11 Å². The van der Waals surface area contributed by atoms with Crippen molar-refractivity contribution in [2.24, 2.45) is 12.0 Å². The molecule has 0 saturated heterocycles. The summed E-state index contributed by atoms with van der Waals surface area (Å²) in [5.74, 6) is 0.0515. The van der Waals surface area contributed by atoms with Gasteiger partial charge in [-0.3, -0.25) is 9.36 Å². The minimum absolute atomic E-state index is 0.106. The molecule has 202 valence electrons. The third-order valence-electron chi connectivity index (χ3n) is 7.09. The van der Waals surface area contributed by atoms with Crippen molar-refractivity contribution in [2.45, 2.75) is 46.8 Å². The Hall–Kier alpha value is -3.43. The summed E-state index contributed by atoms with van der Waals surface area (Å²) in [6, 6.07) is 11.1. The summed E-state index contributed by atoms with van der Waals surface area (Å²) >= 11 is 4.88. The second kappa shape index (κ2) is 10.3. The predicted molar refractivity (Wildman–Crippen MR) is 158 cm³/mol. The Morgan fingerprint density at radius 1 is 1.18 bits per heavy atom. The van der Waals surface area contributed by atoms with Gasteiger partial charge in [0.05, 0.1) is 34.5 Å². The van der Waals surface area contributed by atoms with Gasteiger partial charge in [0.25, 0.3) is 5.56 Å². The zero-order valence-corrected chi connectivity index (χ0v) is 25.4. The lowest BCUT2D eigenvalue weighted by molar-refractivity contribution is -0.136. The normalized spacial score (nSPS) is 15.6. The summed E-state index contributed by atoms with van der Waals surface area (Å²) < 4.78 is 16.4. The third-order valence-corrected chi connectivity index (χ3v) is 8.56. The molecule has 0 amide bonds. The topological polar surface area (TPSA) is 74.8 Å². The van der Waals surface area contributed by atoms with Crippen molar-refractivity contribution in [3.8, 4) is 5.75 Å². The third kappa shape index (κ3) is 4.57. The maximum atomic E-state index is 14.2. The van der Waals surface area contributed by atoms with Crippen LogP contribution in [0, 0.1) is 13.8 Å². The fourth-order valence-corrected chi connectivity index (χ4v) is 6.67. The van der Waals surface area contributed by atoms with Crippen molar-refractivity contribution >= 4 is 50.2 Å². The molecule has 0 aliphatic carbocycles. The number of aromatic nitrogens is 2. The minimum atomic E-state index is -0.766. The van der Waals surface area contributed by atoms with E-state index in [1.165, 1.54) is 24.0 Å². The number of hydrogen-bond acceptors (Lipinski definition) is 6. The Bertz CT molecular complexity index is 1860. The van der Waals surface area contributed by atoms with Crippen molar-refractivity contribution < 1.29 is 14.3 Å². The predicted octanol–water partition coefficient (Wildman–Crippen LogP) is 5.07. The van der Waals surface area contributed by atoms with Crippen LogP contribution in [0.15, 0.2) is 61.9 Å². The van der Waals surface area contributed by atoms with Crippen LogP contribution in [0.1, 0.15) is 49.2 Å². The zero-order valence-electron chi connectivity index (χ0n) is 23.0. The number of hydrogen-bond donors (Lipinski definition) is 0. The number of rotatable bonds is 5. The second-order valence-corrected chi connectivity index (χ2v) is 11.9. The van der Waals surface area contributed by atoms with Gasteiger partial charge in [-0.15, -0.1) is 0 Å². The number of carbonyl (C=O) groups excluding carboxylic acids is 1. The smallest absolute Gasteiger partial charge is 0.338 e. The Morgan fingerprint density at radius 2 is 1.92 bits per heavy atom. The molecule has 1 atom stereocenters. The Balaban J connectivity index is 1.82. The number of para-hydroxylation sites is 1. The van der Waals surface area contributed by atoms with E-state index in [1.807, 2.05) is 51.2 Å². The fourth-order valence-electron chi connectivity index (χ4n) is 5.26. The lowest BCUT2D eigenvalue weighted by Crippen LogP contribution is -2.40. The highest BCUT2D eigenvalue weighted by molar-refractivity contribution is 9.10. The summed E-state index contributed by atoms with van der Waals surface area (Å²) in [4.78, 5) is 32.5. The Morgan fingerprint density at radius 3 is 2.62 bits per heavy atom. The number of ether oxygens (including phenoxy) is 2. The first-order chi connectivity index (χ1) is 18.5. The van der Waals surface area contributed by atoms with E-state index in [4.69, 9.17) is 14.5 Å². The molecule has 0 bridgehead atoms. The van der Waals surface area contributed by atoms with E-state index in [1.54, 1.807) is 11.5 Å². The summed E-state index contributed by atoms with van der Waals surface area (Å²) in [7, 11) is 3.38. The summed E-state index contributed by atoms with van der Waals surface area (Å²) in [6.45, 7) is 9.80. The van der Waals surface area contributed by atoms with Gasteiger partial charge in [-0.1, -0.05) is 45.5 Å². The molecule has 5 rings (SSSR count). The molecule has 2 aromatic heterocycles. The van der Waals surface area contributed by atoms with Gasteiger partial charge in [-0.25, -0.2) is 9.79 Å². The highest BCUT2D eigenvalue weighted by Crippen LogP contribution is 2.38. The van der Waals surface area contributed by atoms with E-state index in [9.17, 15) is 9.59 Å².